The number of aromatic carboxylic acids is 1. The Hall–Kier alpha value is -2.63. The van der Waals surface area contributed by atoms with Crippen LogP contribution in [0.4, 0.5) is 5.69 Å². The van der Waals surface area contributed by atoms with Gasteiger partial charge in [0.25, 0.3) is 11.8 Å². The number of ether oxygens (including phenoxy) is 1. The Morgan fingerprint density at radius 2 is 2.00 bits per heavy atom. The molecular weight excluding hydrogens is 250 g/mol. The Bertz CT molecular complexity index is 617. The summed E-state index contributed by atoms with van der Waals surface area (Å²) >= 11 is 0. The number of carbonyl (C=O) groups is 3. The molecule has 1 aliphatic heterocycles. The zero-order chi connectivity index (χ0) is 14.2. The summed E-state index contributed by atoms with van der Waals surface area (Å²) < 4.78 is 4.99. The van der Waals surface area contributed by atoms with Crippen LogP contribution in [0.5, 0.6) is 5.75 Å². The van der Waals surface area contributed by atoms with Gasteiger partial charge in [-0.15, -0.1) is 0 Å². The zero-order valence-corrected chi connectivity index (χ0v) is 10.3. The molecule has 0 bridgehead atoms. The highest BCUT2D eigenvalue weighted by Gasteiger charge is 2.32. The van der Waals surface area contributed by atoms with E-state index >= 15 is 0 Å². The molecule has 19 heavy (non-hydrogen) atoms. The number of carboxylic acid groups (broad SMARTS) is 1. The average molecular weight is 261 g/mol. The zero-order valence-electron chi connectivity index (χ0n) is 10.3. The number of hydrogen-bond donors (Lipinski definition) is 1. The van der Waals surface area contributed by atoms with Gasteiger partial charge in [-0.3, -0.25) is 9.59 Å². The van der Waals surface area contributed by atoms with Gasteiger partial charge in [0.05, 0.1) is 18.4 Å². The van der Waals surface area contributed by atoms with Crippen LogP contribution in [0.3, 0.4) is 0 Å². The molecule has 0 saturated heterocycles. The number of rotatable bonds is 3. The Labute approximate surface area is 108 Å². The molecule has 0 radical (unpaired) electrons. The van der Waals surface area contributed by atoms with Crippen molar-refractivity contribution in [2.75, 3.05) is 12.0 Å². The third-order valence-electron chi connectivity index (χ3n) is 2.78. The Kier molecular flexibility index (Phi) is 3.08. The van der Waals surface area contributed by atoms with Gasteiger partial charge in [-0.05, 0) is 19.1 Å². The number of carboxylic acids is 1. The van der Waals surface area contributed by atoms with Crippen LogP contribution in [-0.4, -0.2) is 30.0 Å². The van der Waals surface area contributed by atoms with Crippen LogP contribution in [-0.2, 0) is 9.59 Å². The van der Waals surface area contributed by atoms with E-state index < -0.39 is 17.8 Å². The number of hydrogen-bond acceptors (Lipinski definition) is 4. The average Bonchev–Trinajstić information content (AvgIpc) is 2.62. The molecule has 1 aromatic carbocycles. The van der Waals surface area contributed by atoms with Crippen LogP contribution >= 0.6 is 0 Å². The maximum Gasteiger partial charge on any atom is 0.337 e. The van der Waals surface area contributed by atoms with E-state index in [1.165, 1.54) is 38.3 Å². The molecule has 2 rings (SSSR count). The Morgan fingerprint density at radius 3 is 2.47 bits per heavy atom. The first-order chi connectivity index (χ1) is 8.95. The van der Waals surface area contributed by atoms with Crippen molar-refractivity contribution in [3.05, 3.63) is 35.4 Å². The molecule has 2 amide bonds. The predicted molar refractivity (Wildman–Crippen MR) is 66.2 cm³/mol. The Balaban J connectivity index is 2.58. The van der Waals surface area contributed by atoms with Crippen molar-refractivity contribution in [3.63, 3.8) is 0 Å². The maximum atomic E-state index is 11.9. The lowest BCUT2D eigenvalue weighted by molar-refractivity contribution is -0.120. The highest BCUT2D eigenvalue weighted by atomic mass is 16.5. The fourth-order valence-corrected chi connectivity index (χ4v) is 1.82. The number of nitrogens with zero attached hydrogens (tertiary/aromatic N) is 1. The lowest BCUT2D eigenvalue weighted by Crippen LogP contribution is -2.32. The van der Waals surface area contributed by atoms with Crippen molar-refractivity contribution in [2.45, 2.75) is 6.92 Å². The van der Waals surface area contributed by atoms with Crippen molar-refractivity contribution < 1.29 is 24.2 Å². The van der Waals surface area contributed by atoms with E-state index in [1.54, 1.807) is 0 Å². The van der Waals surface area contributed by atoms with Gasteiger partial charge in [0.15, 0.2) is 0 Å². The summed E-state index contributed by atoms with van der Waals surface area (Å²) in [6, 6.07) is 4.11. The van der Waals surface area contributed by atoms with E-state index in [0.29, 0.717) is 5.75 Å². The first-order valence-electron chi connectivity index (χ1n) is 5.43. The second-order valence-corrected chi connectivity index (χ2v) is 3.99. The van der Waals surface area contributed by atoms with Crippen molar-refractivity contribution in [1.82, 2.24) is 0 Å². The van der Waals surface area contributed by atoms with Crippen LogP contribution in [0.2, 0.25) is 0 Å². The van der Waals surface area contributed by atoms with Crippen molar-refractivity contribution in [1.29, 1.82) is 0 Å². The van der Waals surface area contributed by atoms with Gasteiger partial charge in [-0.25, -0.2) is 9.69 Å². The predicted octanol–water partition coefficient (Wildman–Crippen LogP) is 1.21. The van der Waals surface area contributed by atoms with Crippen molar-refractivity contribution in [3.8, 4) is 5.75 Å². The quantitative estimate of drug-likeness (QED) is 0.827. The molecule has 1 aliphatic rings. The highest BCUT2D eigenvalue weighted by molar-refractivity contribution is 6.31. The third-order valence-corrected chi connectivity index (χ3v) is 2.78. The normalized spacial score (nSPS) is 14.6. The first-order valence-corrected chi connectivity index (χ1v) is 5.43. The van der Waals surface area contributed by atoms with Gasteiger partial charge in [-0.2, -0.15) is 0 Å². The van der Waals surface area contributed by atoms with Gasteiger partial charge >= 0.3 is 5.97 Å². The Morgan fingerprint density at radius 1 is 1.32 bits per heavy atom. The van der Waals surface area contributed by atoms with E-state index in [2.05, 4.69) is 0 Å². The van der Waals surface area contributed by atoms with Crippen LogP contribution in [0.25, 0.3) is 0 Å². The number of methoxy groups -OCH3 is 1. The molecule has 1 heterocycles. The number of carbonyl (C=O) groups excluding carboxylic acids is 2. The van der Waals surface area contributed by atoms with Crippen molar-refractivity contribution in [2.24, 2.45) is 0 Å². The molecule has 0 fully saturated rings. The topological polar surface area (TPSA) is 83.9 Å². The van der Waals surface area contributed by atoms with Crippen molar-refractivity contribution >= 4 is 23.5 Å². The first kappa shape index (κ1) is 12.8. The number of anilines is 1. The molecule has 0 spiro atoms. The van der Waals surface area contributed by atoms with Gasteiger partial charge < -0.3 is 9.84 Å². The lowest BCUT2D eigenvalue weighted by atomic mass is 10.1. The lowest BCUT2D eigenvalue weighted by Gasteiger charge is -2.17. The molecule has 6 heteroatoms. The summed E-state index contributed by atoms with van der Waals surface area (Å²) in [7, 11) is 1.41. The van der Waals surface area contributed by atoms with E-state index in [9.17, 15) is 14.4 Å². The smallest absolute Gasteiger partial charge is 0.337 e. The monoisotopic (exact) mass is 261 g/mol. The minimum Gasteiger partial charge on any atom is -0.497 e. The molecule has 98 valence electrons. The van der Waals surface area contributed by atoms with E-state index in [4.69, 9.17) is 9.84 Å². The summed E-state index contributed by atoms with van der Waals surface area (Å²) in [6.45, 7) is 1.50. The van der Waals surface area contributed by atoms with Gasteiger partial charge in [0, 0.05) is 17.7 Å². The van der Waals surface area contributed by atoms with Crippen LogP contribution < -0.4 is 9.64 Å². The van der Waals surface area contributed by atoms with E-state index in [0.717, 1.165) is 4.90 Å². The summed E-state index contributed by atoms with van der Waals surface area (Å²) in [5.74, 6) is -1.94. The van der Waals surface area contributed by atoms with Gasteiger partial charge in [-0.1, -0.05) is 0 Å². The standard InChI is InChI=1S/C13H11NO5/c1-7-5-11(15)14(12(7)16)10-6-8(19-2)3-4-9(10)13(17)18/h3-6H,1-2H3,(H,17,18). The fraction of sp³-hybridized carbons (Fsp3) is 0.154. The van der Waals surface area contributed by atoms with Gasteiger partial charge in [0.2, 0.25) is 0 Å². The minimum atomic E-state index is -1.22. The summed E-state index contributed by atoms with van der Waals surface area (Å²) in [5.41, 5.74) is 0.143. The molecule has 1 N–H and O–H groups in total. The van der Waals surface area contributed by atoms with Gasteiger partial charge in [0.1, 0.15) is 5.75 Å². The third kappa shape index (κ3) is 2.08. The van der Waals surface area contributed by atoms with Crippen LogP contribution in [0.1, 0.15) is 17.3 Å². The molecule has 0 aromatic heterocycles. The fourth-order valence-electron chi connectivity index (χ4n) is 1.82. The summed E-state index contributed by atoms with van der Waals surface area (Å²) in [5, 5.41) is 9.12. The summed E-state index contributed by atoms with van der Waals surface area (Å²) in [4.78, 5) is 35.7. The molecule has 0 unspecified atom stereocenters. The number of benzene rings is 1. The van der Waals surface area contributed by atoms with Crippen LogP contribution in [0.15, 0.2) is 29.8 Å². The van der Waals surface area contributed by atoms with Crippen LogP contribution in [0, 0.1) is 0 Å². The molecule has 0 atom stereocenters. The SMILES string of the molecule is COc1ccc(C(=O)O)c(N2C(=O)C=C(C)C2=O)c1. The molecule has 0 aliphatic carbocycles. The number of amides is 2. The highest BCUT2D eigenvalue weighted by Crippen LogP contribution is 2.30. The van der Waals surface area contributed by atoms with E-state index in [1.807, 2.05) is 0 Å². The molecular formula is C13H11NO5. The molecule has 0 saturated carbocycles. The second kappa shape index (κ2) is 4.56. The largest absolute Gasteiger partial charge is 0.497 e. The summed E-state index contributed by atoms with van der Waals surface area (Å²) in [6.07, 6.45) is 1.17. The number of imide groups is 1. The maximum absolute atomic E-state index is 11.9. The second-order valence-electron chi connectivity index (χ2n) is 3.99. The van der Waals surface area contributed by atoms with E-state index in [-0.39, 0.29) is 16.8 Å². The molecule has 6 nitrogen and oxygen atoms in total. The minimum absolute atomic E-state index is 0.00921. The molecule has 1 aromatic rings.